The van der Waals surface area contributed by atoms with Crippen molar-refractivity contribution in [2.75, 3.05) is 39.3 Å². The number of carbonyl (C=O) groups excluding carboxylic acids is 1. The lowest BCUT2D eigenvalue weighted by atomic mass is 9.93. The maximum atomic E-state index is 12.9. The molecule has 1 amide bonds. The number of rotatable bonds is 3. The van der Waals surface area contributed by atoms with Crippen LogP contribution >= 0.6 is 11.6 Å². The van der Waals surface area contributed by atoms with Gasteiger partial charge in [-0.05, 0) is 86.0 Å². The molecule has 1 aromatic heterocycles. The van der Waals surface area contributed by atoms with Crippen LogP contribution in [0.1, 0.15) is 53.3 Å². The lowest BCUT2D eigenvalue weighted by Crippen LogP contribution is -2.50. The number of fused-ring (bicyclic) bond motifs is 2. The van der Waals surface area contributed by atoms with E-state index < -0.39 is 0 Å². The third-order valence-corrected chi connectivity index (χ3v) is 7.65. The molecular formula is C26H33ClN4O. The van der Waals surface area contributed by atoms with Gasteiger partial charge in [0.1, 0.15) is 0 Å². The highest BCUT2D eigenvalue weighted by molar-refractivity contribution is 6.30. The zero-order valence-corrected chi connectivity index (χ0v) is 19.7. The summed E-state index contributed by atoms with van der Waals surface area (Å²) in [4.78, 5) is 22.5. The summed E-state index contributed by atoms with van der Waals surface area (Å²) in [6.07, 6.45) is 6.91. The first-order valence-corrected chi connectivity index (χ1v) is 12.4. The number of pyridine rings is 1. The number of benzene rings is 1. The molecule has 1 atom stereocenters. The number of aryl methyl sites for hydroxylation is 3. The van der Waals surface area contributed by atoms with Gasteiger partial charge in [0.05, 0.1) is 11.7 Å². The molecule has 2 aromatic rings. The van der Waals surface area contributed by atoms with Gasteiger partial charge in [-0.2, -0.15) is 0 Å². The van der Waals surface area contributed by atoms with E-state index in [0.29, 0.717) is 18.2 Å². The molecule has 5 rings (SSSR count). The average molecular weight is 453 g/mol. The number of piperazine rings is 1. The van der Waals surface area contributed by atoms with Crippen LogP contribution < -0.4 is 5.32 Å². The summed E-state index contributed by atoms with van der Waals surface area (Å²) in [5.41, 5.74) is 6.36. The maximum Gasteiger partial charge on any atom is 0.222 e. The number of hydrogen-bond donors (Lipinski definition) is 1. The van der Waals surface area contributed by atoms with Gasteiger partial charge in [0.15, 0.2) is 0 Å². The summed E-state index contributed by atoms with van der Waals surface area (Å²) in [5, 5.41) is 4.19. The zero-order valence-electron chi connectivity index (χ0n) is 18.9. The van der Waals surface area contributed by atoms with Crippen LogP contribution in [0.15, 0.2) is 30.5 Å². The largest absolute Gasteiger partial charge is 0.340 e. The molecule has 32 heavy (non-hydrogen) atoms. The lowest BCUT2D eigenvalue weighted by Gasteiger charge is -2.40. The second kappa shape index (κ2) is 9.50. The van der Waals surface area contributed by atoms with Crippen molar-refractivity contribution >= 4 is 17.5 Å². The molecule has 2 saturated heterocycles. The van der Waals surface area contributed by atoms with Crippen molar-refractivity contribution in [1.82, 2.24) is 20.1 Å². The third kappa shape index (κ3) is 4.57. The summed E-state index contributed by atoms with van der Waals surface area (Å²) in [6.45, 7) is 7.55. The minimum atomic E-state index is 0.127. The van der Waals surface area contributed by atoms with Crippen LogP contribution in [0.5, 0.6) is 0 Å². The first-order valence-electron chi connectivity index (χ1n) is 12.0. The molecule has 1 aromatic carbocycles. The van der Waals surface area contributed by atoms with Crippen molar-refractivity contribution in [3.05, 3.63) is 63.4 Å². The Bertz CT molecular complexity index is 926. The van der Waals surface area contributed by atoms with E-state index in [1.165, 1.54) is 27.9 Å². The number of hydrogen-bond acceptors (Lipinski definition) is 4. The van der Waals surface area contributed by atoms with Crippen LogP contribution in [0.25, 0.3) is 0 Å². The molecule has 2 aliphatic heterocycles. The van der Waals surface area contributed by atoms with Crippen LogP contribution in [0.4, 0.5) is 0 Å². The van der Waals surface area contributed by atoms with E-state index in [1.54, 1.807) is 0 Å². The number of aromatic nitrogens is 1. The minimum absolute atomic E-state index is 0.127. The number of halogens is 1. The van der Waals surface area contributed by atoms with Crippen molar-refractivity contribution in [3.63, 3.8) is 0 Å². The number of amides is 1. The third-order valence-electron chi connectivity index (χ3n) is 7.41. The van der Waals surface area contributed by atoms with Crippen molar-refractivity contribution in [2.45, 2.75) is 45.1 Å². The second-order valence-corrected chi connectivity index (χ2v) is 10.1. The molecule has 2 fully saturated rings. The fraction of sp³-hybridized carbons (Fsp3) is 0.538. The molecular weight excluding hydrogens is 420 g/mol. The molecule has 0 radical (unpaired) electrons. The molecule has 1 N–H and O–H groups in total. The van der Waals surface area contributed by atoms with Gasteiger partial charge in [-0.15, -0.1) is 0 Å². The predicted octanol–water partition coefficient (Wildman–Crippen LogP) is 3.77. The number of nitrogens with one attached hydrogen (secondary N) is 1. The molecule has 1 unspecified atom stereocenters. The smallest absolute Gasteiger partial charge is 0.222 e. The standard InChI is InChI=1S/C26H33ClN4O/c1-18-14-21-3-2-20-16-22(27)4-5-23(20)26(25(21)29-17-18)31-12-10-30(11-13-31)24(32)15-19-6-8-28-9-7-19/h4-5,14,16-17,19,26,28H,2-3,6-13,15H2,1H3. The maximum absolute atomic E-state index is 12.9. The van der Waals surface area contributed by atoms with E-state index in [-0.39, 0.29) is 6.04 Å². The first-order chi connectivity index (χ1) is 15.6. The Morgan fingerprint density at radius 1 is 1.09 bits per heavy atom. The zero-order chi connectivity index (χ0) is 22.1. The summed E-state index contributed by atoms with van der Waals surface area (Å²) in [7, 11) is 0. The van der Waals surface area contributed by atoms with Crippen molar-refractivity contribution in [1.29, 1.82) is 0 Å². The molecule has 0 spiro atoms. The first kappa shape index (κ1) is 21.9. The highest BCUT2D eigenvalue weighted by Gasteiger charge is 2.33. The van der Waals surface area contributed by atoms with Crippen molar-refractivity contribution in [2.24, 2.45) is 5.92 Å². The molecule has 1 aliphatic carbocycles. The monoisotopic (exact) mass is 452 g/mol. The highest BCUT2D eigenvalue weighted by Crippen LogP contribution is 2.37. The Hall–Kier alpha value is -1.95. The SMILES string of the molecule is Cc1cnc2c(c1)CCc1cc(Cl)ccc1C2N1CCN(C(=O)CC2CCNCC2)CC1. The second-order valence-electron chi connectivity index (χ2n) is 9.62. The number of nitrogens with zero attached hydrogens (tertiary/aromatic N) is 3. The predicted molar refractivity (Wildman–Crippen MR) is 128 cm³/mol. The van der Waals surface area contributed by atoms with Crippen molar-refractivity contribution < 1.29 is 4.79 Å². The number of piperidine rings is 1. The van der Waals surface area contributed by atoms with E-state index in [1.807, 2.05) is 12.3 Å². The van der Waals surface area contributed by atoms with Gasteiger partial charge in [0.25, 0.3) is 0 Å². The fourth-order valence-corrected chi connectivity index (χ4v) is 5.82. The van der Waals surface area contributed by atoms with E-state index in [0.717, 1.165) is 70.0 Å². The summed E-state index contributed by atoms with van der Waals surface area (Å²) < 4.78 is 0. The van der Waals surface area contributed by atoms with Crippen molar-refractivity contribution in [3.8, 4) is 0 Å². The average Bonchev–Trinajstić information content (AvgIpc) is 2.96. The van der Waals surface area contributed by atoms with E-state index >= 15 is 0 Å². The molecule has 5 nitrogen and oxygen atoms in total. The minimum Gasteiger partial charge on any atom is -0.340 e. The Morgan fingerprint density at radius 3 is 2.62 bits per heavy atom. The molecule has 0 saturated carbocycles. The molecule has 3 aliphatic rings. The van der Waals surface area contributed by atoms with Gasteiger partial charge in [-0.25, -0.2) is 0 Å². The van der Waals surface area contributed by atoms with E-state index in [2.05, 4.69) is 40.2 Å². The Morgan fingerprint density at radius 2 is 1.84 bits per heavy atom. The summed E-state index contributed by atoms with van der Waals surface area (Å²) in [5.74, 6) is 0.873. The van der Waals surface area contributed by atoms with Crippen LogP contribution in [-0.2, 0) is 17.6 Å². The Balaban J connectivity index is 1.35. The quantitative estimate of drug-likeness (QED) is 0.770. The van der Waals surface area contributed by atoms with Gasteiger partial charge in [0.2, 0.25) is 5.91 Å². The highest BCUT2D eigenvalue weighted by atomic mass is 35.5. The Labute approximate surface area is 196 Å². The summed E-state index contributed by atoms with van der Waals surface area (Å²) in [6, 6.07) is 8.74. The van der Waals surface area contributed by atoms with Crippen LogP contribution in [0.2, 0.25) is 5.02 Å². The summed E-state index contributed by atoms with van der Waals surface area (Å²) >= 11 is 6.36. The van der Waals surface area contributed by atoms with E-state index in [4.69, 9.17) is 16.6 Å². The van der Waals surface area contributed by atoms with Gasteiger partial charge in [-0.1, -0.05) is 23.7 Å². The topological polar surface area (TPSA) is 48.5 Å². The molecule has 3 heterocycles. The van der Waals surface area contributed by atoms with Crippen LogP contribution in [0, 0.1) is 12.8 Å². The Kier molecular flexibility index (Phi) is 6.49. The molecule has 6 heteroatoms. The fourth-order valence-electron chi connectivity index (χ4n) is 5.62. The van der Waals surface area contributed by atoms with Gasteiger partial charge in [-0.3, -0.25) is 14.7 Å². The van der Waals surface area contributed by atoms with Crippen LogP contribution in [0.3, 0.4) is 0 Å². The normalized spacial score (nSPS) is 22.2. The molecule has 0 bridgehead atoms. The van der Waals surface area contributed by atoms with Gasteiger partial charge in [0, 0.05) is 43.8 Å². The van der Waals surface area contributed by atoms with Gasteiger partial charge < -0.3 is 10.2 Å². The molecule has 170 valence electrons. The number of carbonyl (C=O) groups is 1. The van der Waals surface area contributed by atoms with Crippen LogP contribution in [-0.4, -0.2) is 60.0 Å². The lowest BCUT2D eigenvalue weighted by molar-refractivity contribution is -0.134. The van der Waals surface area contributed by atoms with Gasteiger partial charge >= 0.3 is 0 Å². The van der Waals surface area contributed by atoms with E-state index in [9.17, 15) is 4.79 Å².